The van der Waals surface area contributed by atoms with Crippen molar-refractivity contribution < 1.29 is 13.5 Å². The number of nitrogens with one attached hydrogen (secondary N) is 1. The lowest BCUT2D eigenvalue weighted by Crippen LogP contribution is -2.34. The second-order valence-electron chi connectivity index (χ2n) is 4.18. The molecule has 1 atom stereocenters. The normalized spacial score (nSPS) is 13.5. The molecule has 1 aromatic rings. The van der Waals surface area contributed by atoms with Gasteiger partial charge in [0.05, 0.1) is 11.5 Å². The van der Waals surface area contributed by atoms with Crippen LogP contribution in [0.4, 0.5) is 0 Å². The van der Waals surface area contributed by atoms with Gasteiger partial charge in [-0.15, -0.1) is 0 Å². The lowest BCUT2D eigenvalue weighted by molar-refractivity contribution is 0.272. The highest BCUT2D eigenvalue weighted by molar-refractivity contribution is 7.90. The van der Waals surface area contributed by atoms with E-state index in [2.05, 4.69) is 5.32 Å². The van der Waals surface area contributed by atoms with Crippen molar-refractivity contribution in [2.75, 3.05) is 19.4 Å². The Bertz CT molecular complexity index is 459. The van der Waals surface area contributed by atoms with Crippen LogP contribution in [0.5, 0.6) is 0 Å². The van der Waals surface area contributed by atoms with Gasteiger partial charge in [0.25, 0.3) is 0 Å². The molecule has 1 unspecified atom stereocenters. The predicted octanol–water partition coefficient (Wildman–Crippen LogP) is 1.23. The number of benzene rings is 1. The van der Waals surface area contributed by atoms with Gasteiger partial charge in [0.2, 0.25) is 0 Å². The van der Waals surface area contributed by atoms with Crippen LogP contribution in [0.1, 0.15) is 12.0 Å². The first-order valence-electron chi connectivity index (χ1n) is 5.70. The highest BCUT2D eigenvalue weighted by Gasteiger charge is 2.18. The average molecular weight is 292 g/mol. The molecule has 0 saturated carbocycles. The lowest BCUT2D eigenvalue weighted by atomic mass is 10.2. The number of halogens is 1. The van der Waals surface area contributed by atoms with Gasteiger partial charge in [-0.05, 0) is 31.2 Å². The van der Waals surface area contributed by atoms with E-state index in [1.165, 1.54) is 0 Å². The summed E-state index contributed by atoms with van der Waals surface area (Å²) in [4.78, 5) is 0. The van der Waals surface area contributed by atoms with Gasteiger partial charge >= 0.3 is 0 Å². The molecule has 0 heterocycles. The molecule has 1 aromatic carbocycles. The Kier molecular flexibility index (Phi) is 6.08. The van der Waals surface area contributed by atoms with Gasteiger partial charge in [0, 0.05) is 17.7 Å². The number of hydrogen-bond donors (Lipinski definition) is 2. The Balaban J connectivity index is 2.66. The highest BCUT2D eigenvalue weighted by atomic mass is 35.5. The van der Waals surface area contributed by atoms with Crippen LogP contribution in [0.25, 0.3) is 0 Å². The monoisotopic (exact) mass is 291 g/mol. The molecular formula is C12H18ClNO3S. The molecule has 0 bridgehead atoms. The molecular weight excluding hydrogens is 274 g/mol. The summed E-state index contributed by atoms with van der Waals surface area (Å²) in [7, 11) is -1.51. The van der Waals surface area contributed by atoms with Crippen LogP contribution in [0.2, 0.25) is 5.02 Å². The molecule has 1 rings (SSSR count). The third kappa shape index (κ3) is 5.35. The minimum atomic E-state index is -3.20. The summed E-state index contributed by atoms with van der Waals surface area (Å²) in [5.74, 6) is 0.0143. The fourth-order valence-corrected chi connectivity index (χ4v) is 3.56. The summed E-state index contributed by atoms with van der Waals surface area (Å²) >= 11 is 5.74. The molecule has 0 aliphatic carbocycles. The second kappa shape index (κ2) is 7.09. The molecule has 0 aliphatic heterocycles. The third-order valence-corrected chi connectivity index (χ3v) is 4.58. The Labute approximate surface area is 113 Å². The molecule has 102 valence electrons. The molecule has 0 amide bonds. The number of aliphatic hydroxyl groups is 1. The van der Waals surface area contributed by atoms with Gasteiger partial charge in [-0.2, -0.15) is 0 Å². The van der Waals surface area contributed by atoms with Crippen molar-refractivity contribution in [2.45, 2.75) is 18.2 Å². The van der Waals surface area contributed by atoms with E-state index in [1.807, 2.05) is 0 Å². The van der Waals surface area contributed by atoms with Crippen LogP contribution < -0.4 is 5.32 Å². The van der Waals surface area contributed by atoms with Crippen LogP contribution >= 0.6 is 11.6 Å². The molecule has 0 aliphatic rings. The smallest absolute Gasteiger partial charge is 0.155 e. The minimum absolute atomic E-state index is 0.00617. The second-order valence-corrected chi connectivity index (χ2v) is 6.72. The van der Waals surface area contributed by atoms with Gasteiger partial charge in [-0.25, -0.2) is 8.42 Å². The molecule has 18 heavy (non-hydrogen) atoms. The van der Waals surface area contributed by atoms with Crippen LogP contribution in [0.15, 0.2) is 24.3 Å². The number of aliphatic hydroxyl groups excluding tert-OH is 1. The van der Waals surface area contributed by atoms with Crippen molar-refractivity contribution in [1.29, 1.82) is 0 Å². The summed E-state index contributed by atoms with van der Waals surface area (Å²) in [6.45, 7) is -0.0258. The van der Waals surface area contributed by atoms with Crippen LogP contribution in [0.3, 0.4) is 0 Å². The summed E-state index contributed by atoms with van der Waals surface area (Å²) in [6, 6.07) is 6.55. The number of rotatable bonds is 7. The predicted molar refractivity (Wildman–Crippen MR) is 73.5 cm³/mol. The van der Waals surface area contributed by atoms with Gasteiger partial charge in [0.1, 0.15) is 0 Å². The van der Waals surface area contributed by atoms with Crippen molar-refractivity contribution in [3.05, 3.63) is 34.9 Å². The fraction of sp³-hybridized carbons (Fsp3) is 0.500. The quantitative estimate of drug-likeness (QED) is 0.793. The van der Waals surface area contributed by atoms with Crippen LogP contribution in [0, 0.1) is 0 Å². The summed E-state index contributed by atoms with van der Waals surface area (Å²) in [5.41, 5.74) is 0.721. The van der Waals surface area contributed by atoms with E-state index >= 15 is 0 Å². The fourth-order valence-electron chi connectivity index (χ4n) is 1.67. The highest BCUT2D eigenvalue weighted by Crippen LogP contribution is 2.13. The summed E-state index contributed by atoms with van der Waals surface area (Å²) in [5, 5.41) is 12.3. The lowest BCUT2D eigenvalue weighted by Gasteiger charge is -2.15. The van der Waals surface area contributed by atoms with E-state index in [0.29, 0.717) is 11.4 Å². The maximum absolute atomic E-state index is 12.0. The molecule has 4 nitrogen and oxygen atoms in total. The van der Waals surface area contributed by atoms with Crippen molar-refractivity contribution in [1.82, 2.24) is 5.32 Å². The first-order chi connectivity index (χ1) is 8.46. The van der Waals surface area contributed by atoms with Crippen molar-refractivity contribution >= 4 is 21.4 Å². The Hall–Kier alpha value is -0.620. The Morgan fingerprint density at radius 1 is 1.33 bits per heavy atom. The molecule has 0 saturated heterocycles. The summed E-state index contributed by atoms with van der Waals surface area (Å²) in [6.07, 6.45) is 0.427. The molecule has 0 radical (unpaired) electrons. The number of sulfone groups is 1. The zero-order valence-electron chi connectivity index (χ0n) is 10.3. The topological polar surface area (TPSA) is 66.4 Å². The largest absolute Gasteiger partial charge is 0.396 e. The van der Waals surface area contributed by atoms with Crippen LogP contribution in [-0.2, 0) is 15.6 Å². The van der Waals surface area contributed by atoms with E-state index in [4.69, 9.17) is 16.7 Å². The average Bonchev–Trinajstić information content (AvgIpc) is 2.31. The number of hydrogen-bond acceptors (Lipinski definition) is 4. The van der Waals surface area contributed by atoms with E-state index in [1.54, 1.807) is 31.3 Å². The van der Waals surface area contributed by atoms with E-state index in [0.717, 1.165) is 5.56 Å². The third-order valence-electron chi connectivity index (χ3n) is 2.64. The molecule has 0 aromatic heterocycles. The van der Waals surface area contributed by atoms with Crippen molar-refractivity contribution in [3.63, 3.8) is 0 Å². The van der Waals surface area contributed by atoms with Crippen molar-refractivity contribution in [3.8, 4) is 0 Å². The van der Waals surface area contributed by atoms with E-state index in [9.17, 15) is 8.42 Å². The summed E-state index contributed by atoms with van der Waals surface area (Å²) < 4.78 is 23.9. The maximum Gasteiger partial charge on any atom is 0.155 e. The molecule has 0 spiro atoms. The maximum atomic E-state index is 12.0. The van der Waals surface area contributed by atoms with Gasteiger partial charge in [-0.1, -0.05) is 23.7 Å². The van der Waals surface area contributed by atoms with E-state index < -0.39 is 9.84 Å². The van der Waals surface area contributed by atoms with E-state index in [-0.39, 0.29) is 24.2 Å². The van der Waals surface area contributed by atoms with Crippen LogP contribution in [-0.4, -0.2) is 39.0 Å². The van der Waals surface area contributed by atoms with Gasteiger partial charge < -0.3 is 10.4 Å². The SMILES string of the molecule is CNC(CCO)CS(=O)(=O)Cc1ccc(Cl)cc1. The Morgan fingerprint density at radius 2 is 1.94 bits per heavy atom. The molecule has 0 fully saturated rings. The first-order valence-corrected chi connectivity index (χ1v) is 7.90. The molecule has 6 heteroatoms. The molecule has 2 N–H and O–H groups in total. The van der Waals surface area contributed by atoms with Gasteiger partial charge in [-0.3, -0.25) is 0 Å². The van der Waals surface area contributed by atoms with Gasteiger partial charge in [0.15, 0.2) is 9.84 Å². The Morgan fingerprint density at radius 3 is 2.44 bits per heavy atom. The van der Waals surface area contributed by atoms with Crippen molar-refractivity contribution in [2.24, 2.45) is 0 Å². The first kappa shape index (κ1) is 15.4. The minimum Gasteiger partial charge on any atom is -0.396 e. The zero-order valence-corrected chi connectivity index (χ0v) is 11.8. The standard InChI is InChI=1S/C12H18ClNO3S/c1-14-12(6-7-15)9-18(16,17)8-10-2-4-11(13)5-3-10/h2-5,12,14-15H,6-9H2,1H3. The zero-order chi connectivity index (χ0) is 13.6.